The Morgan fingerprint density at radius 3 is 2.93 bits per heavy atom. The SMILES string of the molecule is CNC(=O)/C(C)=C\N(C=O)C1CCC(COP2(=O)OCc3cc(C)ccc3O2)O1. The molecule has 2 heterocycles. The number of likely N-dealkylation sites (N-methyl/N-ethyl adjacent to an activating group) is 1. The molecular formula is C19H25N2O7P. The lowest BCUT2D eigenvalue weighted by atomic mass is 10.1. The maximum absolute atomic E-state index is 12.7. The largest absolute Gasteiger partial charge is 0.530 e. The molecule has 0 saturated carbocycles. The topological polar surface area (TPSA) is 103 Å². The molecule has 10 heteroatoms. The number of rotatable bonds is 7. The predicted molar refractivity (Wildman–Crippen MR) is 104 cm³/mol. The summed E-state index contributed by atoms with van der Waals surface area (Å²) in [5.74, 6) is 0.201. The Morgan fingerprint density at radius 2 is 2.21 bits per heavy atom. The molecule has 0 aromatic heterocycles. The summed E-state index contributed by atoms with van der Waals surface area (Å²) in [6, 6.07) is 5.52. The van der Waals surface area contributed by atoms with Crippen LogP contribution in [0.1, 0.15) is 30.9 Å². The van der Waals surface area contributed by atoms with Gasteiger partial charge in [0.1, 0.15) is 12.0 Å². The lowest BCUT2D eigenvalue weighted by molar-refractivity contribution is -0.127. The smallest absolute Gasteiger partial charge is 0.404 e. The van der Waals surface area contributed by atoms with E-state index in [-0.39, 0.29) is 25.2 Å². The molecule has 0 radical (unpaired) electrons. The summed E-state index contributed by atoms with van der Waals surface area (Å²) >= 11 is 0. The molecule has 0 spiro atoms. The highest BCUT2D eigenvalue weighted by Gasteiger charge is 2.37. The lowest BCUT2D eigenvalue weighted by Gasteiger charge is -2.26. The molecule has 0 bridgehead atoms. The summed E-state index contributed by atoms with van der Waals surface area (Å²) in [4.78, 5) is 24.3. The number of hydrogen-bond acceptors (Lipinski definition) is 7. The quantitative estimate of drug-likeness (QED) is 0.408. The number of aryl methyl sites for hydroxylation is 1. The number of hydrogen-bond donors (Lipinski definition) is 1. The Morgan fingerprint density at radius 1 is 1.41 bits per heavy atom. The molecule has 2 amide bonds. The van der Waals surface area contributed by atoms with Crippen LogP contribution in [0.2, 0.25) is 0 Å². The van der Waals surface area contributed by atoms with E-state index in [2.05, 4.69) is 5.32 Å². The van der Waals surface area contributed by atoms with Crippen LogP contribution in [-0.4, -0.2) is 43.2 Å². The Kier molecular flexibility index (Phi) is 6.74. The van der Waals surface area contributed by atoms with Gasteiger partial charge in [-0.15, -0.1) is 0 Å². The average Bonchev–Trinajstić information content (AvgIpc) is 3.19. The van der Waals surface area contributed by atoms with Crippen molar-refractivity contribution in [3.05, 3.63) is 41.1 Å². The van der Waals surface area contributed by atoms with E-state index in [0.717, 1.165) is 11.1 Å². The van der Waals surface area contributed by atoms with Crippen molar-refractivity contribution >= 4 is 20.1 Å². The van der Waals surface area contributed by atoms with Gasteiger partial charge in [-0.05, 0) is 32.8 Å². The first-order valence-corrected chi connectivity index (χ1v) is 10.8. The van der Waals surface area contributed by atoms with Gasteiger partial charge in [0.2, 0.25) is 12.3 Å². The Hall–Kier alpha value is -2.19. The molecule has 2 aliphatic heterocycles. The highest BCUT2D eigenvalue weighted by molar-refractivity contribution is 7.49. The van der Waals surface area contributed by atoms with E-state index in [4.69, 9.17) is 18.3 Å². The summed E-state index contributed by atoms with van der Waals surface area (Å²) < 4.78 is 34.8. The highest BCUT2D eigenvalue weighted by Crippen LogP contribution is 2.54. The van der Waals surface area contributed by atoms with Crippen LogP contribution in [0.15, 0.2) is 30.0 Å². The van der Waals surface area contributed by atoms with Crippen molar-refractivity contribution in [1.29, 1.82) is 0 Å². The number of nitrogens with zero attached hydrogens (tertiary/aromatic N) is 1. The number of phosphoric acid groups is 1. The number of amides is 2. The second-order valence-electron chi connectivity index (χ2n) is 6.95. The van der Waals surface area contributed by atoms with Crippen LogP contribution in [0.3, 0.4) is 0 Å². The first-order valence-electron chi connectivity index (χ1n) is 9.30. The number of benzene rings is 1. The van der Waals surface area contributed by atoms with Crippen LogP contribution in [0.5, 0.6) is 5.75 Å². The van der Waals surface area contributed by atoms with Crippen molar-refractivity contribution in [3.8, 4) is 5.75 Å². The first kappa shape index (κ1) is 21.5. The summed E-state index contributed by atoms with van der Waals surface area (Å²) in [6.07, 6.45) is 2.28. The predicted octanol–water partition coefficient (Wildman–Crippen LogP) is 2.64. The van der Waals surface area contributed by atoms with Gasteiger partial charge in [-0.1, -0.05) is 17.7 Å². The van der Waals surface area contributed by atoms with E-state index in [1.54, 1.807) is 13.0 Å². The summed E-state index contributed by atoms with van der Waals surface area (Å²) in [5.41, 5.74) is 2.25. The summed E-state index contributed by atoms with van der Waals surface area (Å²) in [7, 11) is -2.22. The van der Waals surface area contributed by atoms with E-state index >= 15 is 0 Å². The molecular weight excluding hydrogens is 399 g/mol. The highest BCUT2D eigenvalue weighted by atomic mass is 31.2. The van der Waals surface area contributed by atoms with Gasteiger partial charge in [0.15, 0.2) is 0 Å². The minimum Gasteiger partial charge on any atom is -0.404 e. The minimum atomic E-state index is -3.73. The maximum Gasteiger partial charge on any atom is 0.530 e. The lowest BCUT2D eigenvalue weighted by Crippen LogP contribution is -2.32. The third-order valence-electron chi connectivity index (χ3n) is 4.69. The van der Waals surface area contributed by atoms with E-state index in [1.165, 1.54) is 18.1 Å². The zero-order chi connectivity index (χ0) is 21.0. The van der Waals surface area contributed by atoms with Crippen molar-refractivity contribution in [2.75, 3.05) is 13.7 Å². The molecule has 1 aromatic rings. The normalized spacial score (nSPS) is 26.4. The first-order chi connectivity index (χ1) is 13.8. The summed E-state index contributed by atoms with van der Waals surface area (Å²) in [5, 5.41) is 2.50. The molecule has 2 aliphatic rings. The van der Waals surface area contributed by atoms with Gasteiger partial charge in [-0.25, -0.2) is 4.57 Å². The van der Waals surface area contributed by atoms with Crippen LogP contribution in [0.4, 0.5) is 0 Å². The monoisotopic (exact) mass is 424 g/mol. The van der Waals surface area contributed by atoms with Crippen LogP contribution < -0.4 is 9.84 Å². The Bertz CT molecular complexity index is 857. The Labute approximate surface area is 169 Å². The minimum absolute atomic E-state index is 0.000186. The second-order valence-corrected chi connectivity index (χ2v) is 8.55. The van der Waals surface area contributed by atoms with E-state index < -0.39 is 14.1 Å². The Balaban J connectivity index is 1.55. The van der Waals surface area contributed by atoms with E-state index in [9.17, 15) is 14.2 Å². The number of phosphoric ester groups is 1. The molecule has 1 N–H and O–H groups in total. The molecule has 3 atom stereocenters. The third kappa shape index (κ3) is 5.25. The van der Waals surface area contributed by atoms with E-state index in [0.29, 0.717) is 30.6 Å². The van der Waals surface area contributed by atoms with Crippen LogP contribution in [0, 0.1) is 6.92 Å². The van der Waals surface area contributed by atoms with Crippen molar-refractivity contribution in [2.24, 2.45) is 0 Å². The second kappa shape index (κ2) is 9.09. The zero-order valence-electron chi connectivity index (χ0n) is 16.6. The number of nitrogens with one attached hydrogen (secondary N) is 1. The molecule has 1 saturated heterocycles. The number of carbonyl (C=O) groups is 2. The molecule has 1 fully saturated rings. The van der Waals surface area contributed by atoms with Crippen molar-refractivity contribution in [2.45, 2.75) is 45.6 Å². The third-order valence-corrected chi connectivity index (χ3v) is 6.02. The molecule has 29 heavy (non-hydrogen) atoms. The molecule has 3 rings (SSSR count). The maximum atomic E-state index is 12.7. The molecule has 9 nitrogen and oxygen atoms in total. The van der Waals surface area contributed by atoms with Crippen LogP contribution in [-0.2, 0) is 34.5 Å². The molecule has 158 valence electrons. The van der Waals surface area contributed by atoms with Gasteiger partial charge >= 0.3 is 7.82 Å². The fraction of sp³-hybridized carbons (Fsp3) is 0.474. The van der Waals surface area contributed by atoms with Gasteiger partial charge in [0.25, 0.3) is 0 Å². The standard InChI is InChI=1S/C19H25N2O7P/c1-13-4-6-17-15(8-13)10-25-29(24,28-17)26-11-16-5-7-18(27-16)21(12-22)9-14(2)19(23)20-3/h4,6,8-9,12,16,18H,5,7,10-11H2,1-3H3,(H,20,23)/b14-9-. The molecule has 1 aromatic carbocycles. The van der Waals surface area contributed by atoms with Gasteiger partial charge in [0.05, 0.1) is 19.3 Å². The van der Waals surface area contributed by atoms with Crippen molar-refractivity contribution in [1.82, 2.24) is 10.2 Å². The van der Waals surface area contributed by atoms with Crippen molar-refractivity contribution < 1.29 is 32.5 Å². The van der Waals surface area contributed by atoms with Crippen LogP contribution in [0.25, 0.3) is 0 Å². The fourth-order valence-electron chi connectivity index (χ4n) is 3.13. The van der Waals surface area contributed by atoms with Gasteiger partial charge < -0.3 is 14.6 Å². The van der Waals surface area contributed by atoms with Gasteiger partial charge in [-0.2, -0.15) is 0 Å². The van der Waals surface area contributed by atoms with Gasteiger partial charge in [0, 0.05) is 24.4 Å². The number of fused-ring (bicyclic) bond motifs is 1. The van der Waals surface area contributed by atoms with E-state index in [1.807, 2.05) is 19.1 Å². The fourth-order valence-corrected chi connectivity index (χ4v) is 4.38. The molecule has 0 aliphatic carbocycles. The van der Waals surface area contributed by atoms with Crippen molar-refractivity contribution in [3.63, 3.8) is 0 Å². The average molecular weight is 424 g/mol. The number of carbonyl (C=O) groups excluding carboxylic acids is 2. The number of ether oxygens (including phenoxy) is 1. The van der Waals surface area contributed by atoms with Gasteiger partial charge in [-0.3, -0.25) is 23.5 Å². The zero-order valence-corrected chi connectivity index (χ0v) is 17.5. The van der Waals surface area contributed by atoms with Crippen LogP contribution >= 0.6 is 7.82 Å². The molecule has 3 unspecified atom stereocenters. The summed E-state index contributed by atoms with van der Waals surface area (Å²) in [6.45, 7) is 3.70.